The number of rotatable bonds is 7. The third-order valence-electron chi connectivity index (χ3n) is 7.71. The Labute approximate surface area is 269 Å². The number of anilines is 2. The van der Waals surface area contributed by atoms with E-state index in [0.29, 0.717) is 29.9 Å². The number of imidazole rings is 1. The predicted molar refractivity (Wildman–Crippen MR) is 179 cm³/mol. The van der Waals surface area contributed by atoms with Gasteiger partial charge in [-0.2, -0.15) is 0 Å². The van der Waals surface area contributed by atoms with Crippen LogP contribution >= 0.6 is 37.2 Å². The molecule has 0 spiro atoms. The van der Waals surface area contributed by atoms with Crippen LogP contribution in [0.3, 0.4) is 0 Å². The SMILES string of the molecule is CCc1c(C)nc2n(Cc3ccc(C(=O)c4ccc(N5CCN(c6ccccc6)CC5)nc4)cc3)ccn2c1=O.Cl.Cl.Cl. The summed E-state index contributed by atoms with van der Waals surface area (Å²) in [5.74, 6) is 1.46. The van der Waals surface area contributed by atoms with Crippen LogP contribution in [0, 0.1) is 6.92 Å². The number of carbonyl (C=O) groups excluding carboxylic acids is 1. The first-order valence-electron chi connectivity index (χ1n) is 13.7. The molecule has 0 radical (unpaired) electrons. The Morgan fingerprint density at radius 3 is 2.09 bits per heavy atom. The van der Waals surface area contributed by atoms with Gasteiger partial charge >= 0.3 is 0 Å². The smallest absolute Gasteiger partial charge is 0.262 e. The number of piperazine rings is 1. The van der Waals surface area contributed by atoms with Crippen LogP contribution in [-0.4, -0.2) is 50.9 Å². The standard InChI is InChI=1S/C32H32N6O2.3ClH/c1-3-28-23(2)34-32-37(19-20-38(32)31(28)40)22-24-9-11-25(12-10-24)30(39)26-13-14-29(33-21-26)36-17-15-35(16-18-36)27-7-5-4-6-8-27;;;/h4-14,19-21H,3,15-18,22H2,1-2H3;3*1H. The van der Waals surface area contributed by atoms with Gasteiger partial charge in [0.15, 0.2) is 5.78 Å². The van der Waals surface area contributed by atoms with Crippen LogP contribution < -0.4 is 15.4 Å². The van der Waals surface area contributed by atoms with Crippen molar-refractivity contribution >= 4 is 60.3 Å². The zero-order valence-electron chi connectivity index (χ0n) is 24.1. The second kappa shape index (κ2) is 14.6. The molecule has 1 saturated heterocycles. The highest BCUT2D eigenvalue weighted by atomic mass is 35.5. The Morgan fingerprint density at radius 1 is 0.814 bits per heavy atom. The summed E-state index contributed by atoms with van der Waals surface area (Å²) < 4.78 is 3.55. The maximum Gasteiger partial charge on any atom is 0.262 e. The number of aromatic nitrogens is 4. The summed E-state index contributed by atoms with van der Waals surface area (Å²) >= 11 is 0. The second-order valence-corrected chi connectivity index (χ2v) is 10.2. The van der Waals surface area contributed by atoms with Crippen LogP contribution in [0.1, 0.15) is 39.7 Å². The molecule has 0 unspecified atom stereocenters. The van der Waals surface area contributed by atoms with E-state index < -0.39 is 0 Å². The number of halogens is 3. The minimum atomic E-state index is -0.0538. The lowest BCUT2D eigenvalue weighted by atomic mass is 10.0. The first-order chi connectivity index (χ1) is 19.5. The summed E-state index contributed by atoms with van der Waals surface area (Å²) in [5.41, 5.74) is 4.94. The average molecular weight is 642 g/mol. The van der Waals surface area contributed by atoms with Crippen molar-refractivity contribution in [3.05, 3.63) is 124 Å². The van der Waals surface area contributed by atoms with Gasteiger partial charge in [0.2, 0.25) is 5.78 Å². The topological polar surface area (TPSA) is 75.7 Å². The molecule has 0 aliphatic carbocycles. The molecule has 0 saturated carbocycles. The number of nitrogens with zero attached hydrogens (tertiary/aromatic N) is 6. The molecule has 0 bridgehead atoms. The first-order valence-corrected chi connectivity index (χ1v) is 13.7. The Bertz CT molecular complexity index is 1710. The first kappa shape index (κ1) is 33.6. The number of aryl methyl sites for hydroxylation is 1. The number of para-hydroxylation sites is 1. The van der Waals surface area contributed by atoms with Crippen molar-refractivity contribution in [3.8, 4) is 0 Å². The Morgan fingerprint density at radius 2 is 1.47 bits per heavy atom. The van der Waals surface area contributed by atoms with Crippen molar-refractivity contribution in [1.29, 1.82) is 0 Å². The van der Waals surface area contributed by atoms with E-state index in [1.807, 2.05) is 67.1 Å². The van der Waals surface area contributed by atoms with Gasteiger partial charge in [0, 0.05) is 72.8 Å². The van der Waals surface area contributed by atoms with Crippen molar-refractivity contribution in [2.75, 3.05) is 36.0 Å². The van der Waals surface area contributed by atoms with Crippen LogP contribution in [0.25, 0.3) is 5.78 Å². The van der Waals surface area contributed by atoms with Gasteiger partial charge in [-0.25, -0.2) is 9.97 Å². The van der Waals surface area contributed by atoms with Gasteiger partial charge in [0.05, 0.1) is 6.54 Å². The number of ketones is 1. The molecule has 6 rings (SSSR count). The number of hydrogen-bond acceptors (Lipinski definition) is 6. The monoisotopic (exact) mass is 640 g/mol. The number of carbonyl (C=O) groups is 1. The molecule has 11 heteroatoms. The second-order valence-electron chi connectivity index (χ2n) is 10.2. The van der Waals surface area contributed by atoms with Gasteiger partial charge in [-0.05, 0) is 43.2 Å². The Balaban J connectivity index is 0.00000169. The fourth-order valence-electron chi connectivity index (χ4n) is 5.41. The normalized spacial score (nSPS) is 12.7. The molecule has 0 amide bonds. The number of hydrogen-bond donors (Lipinski definition) is 0. The largest absolute Gasteiger partial charge is 0.368 e. The summed E-state index contributed by atoms with van der Waals surface area (Å²) in [4.78, 5) is 39.8. The van der Waals surface area contributed by atoms with Gasteiger partial charge in [-0.1, -0.05) is 49.4 Å². The fraction of sp³-hybridized carbons (Fsp3) is 0.250. The summed E-state index contributed by atoms with van der Waals surface area (Å²) in [5, 5.41) is 0. The van der Waals surface area contributed by atoms with E-state index in [0.717, 1.165) is 48.8 Å². The van der Waals surface area contributed by atoms with E-state index in [4.69, 9.17) is 0 Å². The lowest BCUT2D eigenvalue weighted by Gasteiger charge is -2.36. The fourth-order valence-corrected chi connectivity index (χ4v) is 5.41. The molecule has 2 aromatic carbocycles. The molecule has 0 N–H and O–H groups in total. The quantitative estimate of drug-likeness (QED) is 0.215. The van der Waals surface area contributed by atoms with Crippen LogP contribution in [0.2, 0.25) is 0 Å². The Hall–Kier alpha value is -3.85. The van der Waals surface area contributed by atoms with Crippen LogP contribution in [0.4, 0.5) is 11.5 Å². The van der Waals surface area contributed by atoms with E-state index in [2.05, 4.69) is 44.0 Å². The third kappa shape index (κ3) is 6.88. The molecule has 43 heavy (non-hydrogen) atoms. The van der Waals surface area contributed by atoms with E-state index in [-0.39, 0.29) is 48.6 Å². The molecule has 0 atom stereocenters. The van der Waals surface area contributed by atoms with E-state index in [9.17, 15) is 9.59 Å². The third-order valence-corrected chi connectivity index (χ3v) is 7.71. The minimum Gasteiger partial charge on any atom is -0.368 e. The molecule has 226 valence electrons. The van der Waals surface area contributed by atoms with E-state index >= 15 is 0 Å². The zero-order chi connectivity index (χ0) is 27.6. The Kier molecular flexibility index (Phi) is 11.4. The molecule has 1 fully saturated rings. The summed E-state index contributed by atoms with van der Waals surface area (Å²) in [7, 11) is 0. The van der Waals surface area contributed by atoms with Gasteiger partial charge in [0.25, 0.3) is 5.56 Å². The van der Waals surface area contributed by atoms with Gasteiger partial charge < -0.3 is 14.4 Å². The molecule has 4 heterocycles. The van der Waals surface area contributed by atoms with Crippen LogP contribution in [-0.2, 0) is 13.0 Å². The van der Waals surface area contributed by atoms with Crippen LogP contribution in [0.15, 0.2) is 90.1 Å². The predicted octanol–water partition coefficient (Wildman–Crippen LogP) is 5.63. The lowest BCUT2D eigenvalue weighted by molar-refractivity contribution is 0.103. The average Bonchev–Trinajstić information content (AvgIpc) is 3.40. The molecule has 1 aliphatic heterocycles. The van der Waals surface area contributed by atoms with Crippen molar-refractivity contribution in [1.82, 2.24) is 18.9 Å². The highest BCUT2D eigenvalue weighted by Crippen LogP contribution is 2.20. The zero-order valence-corrected chi connectivity index (χ0v) is 26.5. The van der Waals surface area contributed by atoms with Crippen molar-refractivity contribution < 1.29 is 4.79 Å². The molecular formula is C32H35Cl3N6O2. The molecule has 8 nitrogen and oxygen atoms in total. The molecule has 3 aromatic heterocycles. The van der Waals surface area contributed by atoms with Gasteiger partial charge in [-0.3, -0.25) is 14.0 Å². The number of fused-ring (bicyclic) bond motifs is 1. The number of benzene rings is 2. The molecular weight excluding hydrogens is 607 g/mol. The lowest BCUT2D eigenvalue weighted by Crippen LogP contribution is -2.46. The summed E-state index contributed by atoms with van der Waals surface area (Å²) in [6.45, 7) is 8.04. The highest BCUT2D eigenvalue weighted by molar-refractivity contribution is 6.08. The van der Waals surface area contributed by atoms with E-state index in [1.54, 1.807) is 16.8 Å². The number of pyridine rings is 1. The van der Waals surface area contributed by atoms with Crippen molar-refractivity contribution in [3.63, 3.8) is 0 Å². The maximum atomic E-state index is 13.2. The van der Waals surface area contributed by atoms with E-state index in [1.165, 1.54) is 5.69 Å². The molecule has 5 aromatic rings. The molecule has 1 aliphatic rings. The highest BCUT2D eigenvalue weighted by Gasteiger charge is 2.19. The van der Waals surface area contributed by atoms with Gasteiger partial charge in [0.1, 0.15) is 5.82 Å². The van der Waals surface area contributed by atoms with Crippen molar-refractivity contribution in [2.24, 2.45) is 0 Å². The minimum absolute atomic E-state index is 0. The maximum absolute atomic E-state index is 13.2. The van der Waals surface area contributed by atoms with Crippen molar-refractivity contribution in [2.45, 2.75) is 26.8 Å². The van der Waals surface area contributed by atoms with Crippen LogP contribution in [0.5, 0.6) is 0 Å². The summed E-state index contributed by atoms with van der Waals surface area (Å²) in [6.07, 6.45) is 5.97. The summed E-state index contributed by atoms with van der Waals surface area (Å²) in [6, 6.07) is 21.9. The van der Waals surface area contributed by atoms with Gasteiger partial charge in [-0.15, -0.1) is 37.2 Å².